The van der Waals surface area contributed by atoms with E-state index in [0.29, 0.717) is 11.2 Å². The third-order valence-corrected chi connectivity index (χ3v) is 6.88. The van der Waals surface area contributed by atoms with Crippen LogP contribution in [0, 0.1) is 0 Å². The van der Waals surface area contributed by atoms with Crippen molar-refractivity contribution in [2.75, 3.05) is 19.1 Å². The number of hydrogen-bond acceptors (Lipinski definition) is 4. The lowest BCUT2D eigenvalue weighted by atomic mass is 9.98. The lowest BCUT2D eigenvalue weighted by molar-refractivity contribution is 0.394. The molecule has 3 heterocycles. The fourth-order valence-electron chi connectivity index (χ4n) is 4.97. The Morgan fingerprint density at radius 3 is 2.62 bits per heavy atom. The van der Waals surface area contributed by atoms with Crippen LogP contribution in [0.15, 0.2) is 61.1 Å². The maximum absolute atomic E-state index is 5.85. The zero-order chi connectivity index (χ0) is 22.1. The summed E-state index contributed by atoms with van der Waals surface area (Å²) >= 11 is 5.85. The fourth-order valence-corrected chi connectivity index (χ4v) is 5.31. The van der Waals surface area contributed by atoms with Crippen LogP contribution >= 0.6 is 12.2 Å². The molecule has 3 aromatic rings. The van der Waals surface area contributed by atoms with Crippen molar-refractivity contribution in [2.24, 2.45) is 0 Å². The minimum atomic E-state index is -0.0741. The van der Waals surface area contributed by atoms with Gasteiger partial charge in [-0.25, -0.2) is 0 Å². The molecule has 2 fully saturated rings. The summed E-state index contributed by atoms with van der Waals surface area (Å²) in [6.45, 7) is 0. The Bertz CT molecular complexity index is 1090. The highest BCUT2D eigenvalue weighted by molar-refractivity contribution is 7.80. The van der Waals surface area contributed by atoms with Crippen LogP contribution in [0.4, 0.5) is 5.69 Å². The van der Waals surface area contributed by atoms with Gasteiger partial charge in [-0.05, 0) is 61.0 Å². The normalized spacial score (nSPS) is 21.1. The number of hydrogen-bond donors (Lipinski definition) is 1. The third kappa shape index (κ3) is 3.71. The van der Waals surface area contributed by atoms with Gasteiger partial charge in [0, 0.05) is 30.7 Å². The molecule has 1 aliphatic carbocycles. The number of ether oxygens (including phenoxy) is 2. The van der Waals surface area contributed by atoms with Gasteiger partial charge >= 0.3 is 0 Å². The van der Waals surface area contributed by atoms with Crippen molar-refractivity contribution < 1.29 is 9.47 Å². The lowest BCUT2D eigenvalue weighted by Gasteiger charge is -2.28. The summed E-state index contributed by atoms with van der Waals surface area (Å²) in [5.41, 5.74) is 3.07. The van der Waals surface area contributed by atoms with Gasteiger partial charge in [-0.2, -0.15) is 0 Å². The van der Waals surface area contributed by atoms with Gasteiger partial charge in [-0.15, -0.1) is 0 Å². The van der Waals surface area contributed by atoms with Gasteiger partial charge < -0.3 is 24.3 Å². The maximum atomic E-state index is 5.85. The third-order valence-electron chi connectivity index (χ3n) is 6.57. The maximum Gasteiger partial charge on any atom is 0.174 e. The van der Waals surface area contributed by atoms with E-state index in [1.165, 1.54) is 31.2 Å². The molecule has 2 aliphatic rings. The molecule has 1 N–H and O–H groups in total. The molecule has 0 radical (unpaired) electrons. The molecule has 2 aromatic heterocycles. The van der Waals surface area contributed by atoms with E-state index in [4.69, 9.17) is 21.7 Å². The fraction of sp³-hybridized carbons (Fsp3) is 0.360. The van der Waals surface area contributed by atoms with E-state index in [2.05, 4.69) is 44.3 Å². The van der Waals surface area contributed by atoms with Gasteiger partial charge in [0.2, 0.25) is 0 Å². The molecule has 1 aliphatic heterocycles. The van der Waals surface area contributed by atoms with E-state index in [1.54, 1.807) is 14.2 Å². The first kappa shape index (κ1) is 20.8. The smallest absolute Gasteiger partial charge is 0.174 e. The summed E-state index contributed by atoms with van der Waals surface area (Å²) in [6, 6.07) is 14.5. The predicted molar refractivity (Wildman–Crippen MR) is 129 cm³/mol. The van der Waals surface area contributed by atoms with Crippen LogP contribution in [-0.4, -0.2) is 28.9 Å². The average Bonchev–Trinajstić information content (AvgIpc) is 3.59. The first-order chi connectivity index (χ1) is 15.7. The second-order valence-corrected chi connectivity index (χ2v) is 8.75. The van der Waals surface area contributed by atoms with Crippen molar-refractivity contribution >= 4 is 23.0 Å². The largest absolute Gasteiger partial charge is 0.497 e. The molecular weight excluding hydrogens is 420 g/mol. The summed E-state index contributed by atoms with van der Waals surface area (Å²) in [5, 5.41) is 4.18. The van der Waals surface area contributed by atoms with Crippen LogP contribution in [0.3, 0.4) is 0 Å². The highest BCUT2D eigenvalue weighted by Crippen LogP contribution is 2.45. The molecule has 0 spiro atoms. The highest BCUT2D eigenvalue weighted by Gasteiger charge is 2.42. The number of thiocarbonyl (C=S) groups is 1. The Morgan fingerprint density at radius 2 is 1.91 bits per heavy atom. The lowest BCUT2D eigenvalue weighted by Crippen LogP contribution is -2.29. The topological polar surface area (TPSA) is 51.5 Å². The van der Waals surface area contributed by atoms with E-state index >= 15 is 0 Å². The van der Waals surface area contributed by atoms with Crippen LogP contribution in [0.1, 0.15) is 55.1 Å². The van der Waals surface area contributed by atoms with Gasteiger partial charge in [0.15, 0.2) is 5.11 Å². The van der Waals surface area contributed by atoms with Gasteiger partial charge in [-0.1, -0.05) is 18.9 Å². The van der Waals surface area contributed by atoms with Gasteiger partial charge in [0.05, 0.1) is 37.7 Å². The van der Waals surface area contributed by atoms with Gasteiger partial charge in [0.1, 0.15) is 11.5 Å². The van der Waals surface area contributed by atoms with Crippen molar-refractivity contribution in [1.82, 2.24) is 14.9 Å². The van der Waals surface area contributed by atoms with E-state index < -0.39 is 0 Å². The van der Waals surface area contributed by atoms with Crippen LogP contribution in [-0.2, 0) is 0 Å². The van der Waals surface area contributed by atoms with Crippen molar-refractivity contribution in [2.45, 2.75) is 43.8 Å². The highest BCUT2D eigenvalue weighted by atomic mass is 32.1. The summed E-state index contributed by atoms with van der Waals surface area (Å²) in [5.74, 6) is 1.46. The number of benzene rings is 1. The van der Waals surface area contributed by atoms with Gasteiger partial charge in [-0.3, -0.25) is 4.98 Å². The second-order valence-electron chi connectivity index (χ2n) is 8.36. The number of nitrogens with one attached hydrogen (secondary N) is 1. The zero-order valence-corrected chi connectivity index (χ0v) is 19.2. The number of nitrogens with zero attached hydrogens (tertiary/aromatic N) is 3. The quantitative estimate of drug-likeness (QED) is 0.524. The van der Waals surface area contributed by atoms with Crippen molar-refractivity contribution in [3.8, 4) is 11.5 Å². The summed E-state index contributed by atoms with van der Waals surface area (Å²) in [4.78, 5) is 6.80. The molecule has 0 unspecified atom stereocenters. The molecule has 32 heavy (non-hydrogen) atoms. The van der Waals surface area contributed by atoms with Crippen LogP contribution in [0.25, 0.3) is 0 Å². The SMILES string of the molecule is COc1ccc(N2C(=S)N[C@H](c3ccccn3)[C@@H]2c2ccn(C3CCCC3)c2)c(OC)c1. The first-order valence-electron chi connectivity index (χ1n) is 11.1. The second kappa shape index (κ2) is 8.82. The monoisotopic (exact) mass is 448 g/mol. The zero-order valence-electron chi connectivity index (χ0n) is 18.4. The van der Waals surface area contributed by atoms with Crippen molar-refractivity contribution in [3.63, 3.8) is 0 Å². The molecule has 0 amide bonds. The molecule has 2 atom stereocenters. The Morgan fingerprint density at radius 1 is 1.06 bits per heavy atom. The molecule has 1 saturated carbocycles. The Balaban J connectivity index is 1.59. The minimum Gasteiger partial charge on any atom is -0.497 e. The van der Waals surface area contributed by atoms with E-state index in [1.807, 2.05) is 36.5 Å². The average molecular weight is 449 g/mol. The standard InChI is InChI=1S/C25H28N4O2S/c1-30-19-10-11-21(22(15-19)31-2)29-24(17-12-14-28(16-17)18-7-3-4-8-18)23(27-25(29)32)20-9-5-6-13-26-20/h5-6,9-16,18,23-24H,3-4,7-8H2,1-2H3,(H,27,32)/t23-,24+/m1/s1. The minimum absolute atomic E-state index is 0.0534. The molecule has 0 bridgehead atoms. The number of methoxy groups -OCH3 is 2. The number of aromatic nitrogens is 2. The van der Waals surface area contributed by atoms with Crippen LogP contribution in [0.2, 0.25) is 0 Å². The van der Waals surface area contributed by atoms with Gasteiger partial charge in [0.25, 0.3) is 0 Å². The molecule has 166 valence electrons. The summed E-state index contributed by atoms with van der Waals surface area (Å²) in [7, 11) is 3.33. The molecule has 1 saturated heterocycles. The Labute approximate surface area is 194 Å². The molecule has 1 aromatic carbocycles. The predicted octanol–water partition coefficient (Wildman–Crippen LogP) is 5.19. The summed E-state index contributed by atoms with van der Waals surface area (Å²) < 4.78 is 13.5. The van der Waals surface area contributed by atoms with E-state index in [0.717, 1.165) is 22.9 Å². The number of pyridine rings is 1. The molecule has 7 heteroatoms. The molecule has 6 nitrogen and oxygen atoms in total. The van der Waals surface area contributed by atoms with Crippen LogP contribution in [0.5, 0.6) is 11.5 Å². The Kier molecular flexibility index (Phi) is 5.74. The first-order valence-corrected chi connectivity index (χ1v) is 11.5. The van der Waals surface area contributed by atoms with E-state index in [9.17, 15) is 0 Å². The Hall–Kier alpha value is -3.06. The van der Waals surface area contributed by atoms with Crippen molar-refractivity contribution in [3.05, 3.63) is 72.3 Å². The van der Waals surface area contributed by atoms with Crippen LogP contribution < -0.4 is 19.7 Å². The van der Waals surface area contributed by atoms with Crippen molar-refractivity contribution in [1.29, 1.82) is 0 Å². The number of rotatable bonds is 6. The van der Waals surface area contributed by atoms with E-state index in [-0.39, 0.29) is 12.1 Å². The summed E-state index contributed by atoms with van der Waals surface area (Å²) in [6.07, 6.45) is 11.4. The number of anilines is 1. The molecule has 5 rings (SSSR count). The molecular formula is C25H28N4O2S.